The van der Waals surface area contributed by atoms with Gasteiger partial charge in [0.1, 0.15) is 11.6 Å². The Balaban J connectivity index is 1.84. The standard InChI is InChI=1S/C21H32N4O/c1-15(2)25(6)21-23-17(5)14-20(24-21)22-13-7-8-18-9-11-19(12-10-18)26-16(3)4/h9-12,14-16H,7-8,13H2,1-6H3,(H,22,23,24). The molecule has 5 nitrogen and oxygen atoms in total. The van der Waals surface area contributed by atoms with E-state index >= 15 is 0 Å². The van der Waals surface area contributed by atoms with Gasteiger partial charge < -0.3 is 15.0 Å². The summed E-state index contributed by atoms with van der Waals surface area (Å²) in [7, 11) is 2.02. The molecule has 2 aromatic rings. The zero-order valence-electron chi connectivity index (χ0n) is 16.9. The highest BCUT2D eigenvalue weighted by atomic mass is 16.5. The Kier molecular flexibility index (Phi) is 7.25. The van der Waals surface area contributed by atoms with Crippen LogP contribution in [0.4, 0.5) is 11.8 Å². The van der Waals surface area contributed by atoms with Crippen molar-refractivity contribution in [1.29, 1.82) is 0 Å². The third-order valence-corrected chi connectivity index (χ3v) is 4.18. The molecular weight excluding hydrogens is 324 g/mol. The molecule has 1 heterocycles. The fourth-order valence-electron chi connectivity index (χ4n) is 2.55. The lowest BCUT2D eigenvalue weighted by atomic mass is 10.1. The largest absolute Gasteiger partial charge is 0.491 e. The molecular formula is C21H32N4O. The average molecular weight is 357 g/mol. The zero-order chi connectivity index (χ0) is 19.1. The monoisotopic (exact) mass is 356 g/mol. The molecule has 0 bridgehead atoms. The summed E-state index contributed by atoms with van der Waals surface area (Å²) in [5, 5.41) is 3.42. The van der Waals surface area contributed by atoms with Crippen molar-refractivity contribution in [1.82, 2.24) is 9.97 Å². The van der Waals surface area contributed by atoms with Crippen molar-refractivity contribution in [3.8, 4) is 5.75 Å². The molecule has 0 amide bonds. The second kappa shape index (κ2) is 9.41. The van der Waals surface area contributed by atoms with Gasteiger partial charge in [0.2, 0.25) is 5.95 Å². The third-order valence-electron chi connectivity index (χ3n) is 4.18. The van der Waals surface area contributed by atoms with E-state index < -0.39 is 0 Å². The summed E-state index contributed by atoms with van der Waals surface area (Å²) >= 11 is 0. The van der Waals surface area contributed by atoms with Crippen LogP contribution in [0.1, 0.15) is 45.4 Å². The molecule has 26 heavy (non-hydrogen) atoms. The zero-order valence-corrected chi connectivity index (χ0v) is 16.9. The van der Waals surface area contributed by atoms with Gasteiger partial charge in [0.25, 0.3) is 0 Å². The Morgan fingerprint density at radius 1 is 1.08 bits per heavy atom. The molecule has 142 valence electrons. The molecule has 5 heteroatoms. The molecule has 2 rings (SSSR count). The highest BCUT2D eigenvalue weighted by molar-refractivity contribution is 5.43. The fourth-order valence-corrected chi connectivity index (χ4v) is 2.55. The Bertz CT molecular complexity index is 683. The van der Waals surface area contributed by atoms with Crippen LogP contribution < -0.4 is 15.0 Å². The molecule has 0 saturated carbocycles. The summed E-state index contributed by atoms with van der Waals surface area (Å²) in [5.74, 6) is 2.59. The van der Waals surface area contributed by atoms with Crippen LogP contribution in [0.25, 0.3) is 0 Å². The maximum atomic E-state index is 5.68. The molecule has 1 aromatic carbocycles. The minimum Gasteiger partial charge on any atom is -0.491 e. The number of hydrogen-bond donors (Lipinski definition) is 1. The van der Waals surface area contributed by atoms with Crippen LogP contribution in [-0.4, -0.2) is 35.7 Å². The minimum absolute atomic E-state index is 0.209. The molecule has 0 aliphatic heterocycles. The van der Waals surface area contributed by atoms with E-state index in [1.54, 1.807) is 0 Å². The highest BCUT2D eigenvalue weighted by Crippen LogP contribution is 2.16. The van der Waals surface area contributed by atoms with E-state index in [0.717, 1.165) is 42.6 Å². The molecule has 0 unspecified atom stereocenters. The van der Waals surface area contributed by atoms with Gasteiger partial charge in [-0.15, -0.1) is 0 Å². The summed E-state index contributed by atoms with van der Waals surface area (Å²) in [6.07, 6.45) is 2.28. The first-order chi connectivity index (χ1) is 12.3. The van der Waals surface area contributed by atoms with E-state index in [4.69, 9.17) is 4.74 Å². The quantitative estimate of drug-likeness (QED) is 0.672. The molecule has 1 N–H and O–H groups in total. The number of rotatable bonds is 9. The number of hydrogen-bond acceptors (Lipinski definition) is 5. The van der Waals surface area contributed by atoms with Crippen LogP contribution in [0.15, 0.2) is 30.3 Å². The number of nitrogens with one attached hydrogen (secondary N) is 1. The van der Waals surface area contributed by atoms with Gasteiger partial charge in [-0.05, 0) is 65.2 Å². The average Bonchev–Trinajstić information content (AvgIpc) is 2.58. The predicted octanol–water partition coefficient (Wildman–Crippen LogP) is 4.46. The maximum Gasteiger partial charge on any atom is 0.227 e. The van der Waals surface area contributed by atoms with Crippen molar-refractivity contribution in [3.63, 3.8) is 0 Å². The number of aryl methyl sites for hydroxylation is 2. The van der Waals surface area contributed by atoms with E-state index in [-0.39, 0.29) is 6.10 Å². The van der Waals surface area contributed by atoms with Gasteiger partial charge >= 0.3 is 0 Å². The van der Waals surface area contributed by atoms with Crippen LogP contribution in [0.5, 0.6) is 5.75 Å². The van der Waals surface area contributed by atoms with Gasteiger partial charge in [0.15, 0.2) is 0 Å². The topological polar surface area (TPSA) is 50.3 Å². The Morgan fingerprint density at radius 3 is 2.38 bits per heavy atom. The normalized spacial score (nSPS) is 11.1. The summed E-state index contributed by atoms with van der Waals surface area (Å²) in [6.45, 7) is 11.2. The van der Waals surface area contributed by atoms with Crippen LogP contribution in [0.2, 0.25) is 0 Å². The number of aromatic nitrogens is 2. The first kappa shape index (κ1) is 20.0. The predicted molar refractivity (Wildman–Crippen MR) is 109 cm³/mol. The molecule has 0 saturated heterocycles. The van der Waals surface area contributed by atoms with E-state index in [9.17, 15) is 0 Å². The molecule has 0 fully saturated rings. The van der Waals surface area contributed by atoms with E-state index in [1.807, 2.05) is 46.0 Å². The lowest BCUT2D eigenvalue weighted by molar-refractivity contribution is 0.242. The molecule has 0 spiro atoms. The van der Waals surface area contributed by atoms with Crippen molar-refractivity contribution in [2.75, 3.05) is 23.8 Å². The van der Waals surface area contributed by atoms with E-state index in [1.165, 1.54) is 5.56 Å². The van der Waals surface area contributed by atoms with Crippen LogP contribution in [0, 0.1) is 6.92 Å². The Morgan fingerprint density at radius 2 is 1.77 bits per heavy atom. The van der Waals surface area contributed by atoms with Crippen molar-refractivity contribution in [2.24, 2.45) is 0 Å². The van der Waals surface area contributed by atoms with Gasteiger partial charge in [0, 0.05) is 31.4 Å². The van der Waals surface area contributed by atoms with Crippen molar-refractivity contribution in [3.05, 3.63) is 41.6 Å². The fraction of sp³-hybridized carbons (Fsp3) is 0.524. The van der Waals surface area contributed by atoms with Crippen molar-refractivity contribution >= 4 is 11.8 Å². The summed E-state index contributed by atoms with van der Waals surface area (Å²) < 4.78 is 5.68. The number of benzene rings is 1. The highest BCUT2D eigenvalue weighted by Gasteiger charge is 2.10. The minimum atomic E-state index is 0.209. The van der Waals surface area contributed by atoms with Crippen LogP contribution in [-0.2, 0) is 6.42 Å². The Hall–Kier alpha value is -2.30. The lowest BCUT2D eigenvalue weighted by Crippen LogP contribution is -2.28. The van der Waals surface area contributed by atoms with Gasteiger partial charge in [-0.3, -0.25) is 0 Å². The van der Waals surface area contributed by atoms with Gasteiger partial charge in [-0.1, -0.05) is 12.1 Å². The van der Waals surface area contributed by atoms with E-state index in [2.05, 4.69) is 46.2 Å². The molecule has 0 aliphatic carbocycles. The van der Waals surface area contributed by atoms with E-state index in [0.29, 0.717) is 6.04 Å². The summed E-state index contributed by atoms with van der Waals surface area (Å²) in [4.78, 5) is 11.2. The summed E-state index contributed by atoms with van der Waals surface area (Å²) in [5.41, 5.74) is 2.30. The molecule has 0 aliphatic rings. The molecule has 0 atom stereocenters. The van der Waals surface area contributed by atoms with Gasteiger partial charge in [-0.2, -0.15) is 4.98 Å². The Labute approximate surface area is 157 Å². The molecule has 0 radical (unpaired) electrons. The first-order valence-electron chi connectivity index (χ1n) is 9.43. The number of nitrogens with zero attached hydrogens (tertiary/aromatic N) is 3. The third kappa shape index (κ3) is 6.21. The number of ether oxygens (including phenoxy) is 1. The lowest BCUT2D eigenvalue weighted by Gasteiger charge is -2.22. The number of anilines is 2. The van der Waals surface area contributed by atoms with Crippen molar-refractivity contribution in [2.45, 2.75) is 59.6 Å². The van der Waals surface area contributed by atoms with Crippen LogP contribution >= 0.6 is 0 Å². The van der Waals surface area contributed by atoms with Crippen LogP contribution in [0.3, 0.4) is 0 Å². The maximum absolute atomic E-state index is 5.68. The second-order valence-corrected chi connectivity index (χ2v) is 7.24. The summed E-state index contributed by atoms with van der Waals surface area (Å²) in [6, 6.07) is 10.7. The SMILES string of the molecule is Cc1cc(NCCCc2ccc(OC(C)C)cc2)nc(N(C)C(C)C)n1. The van der Waals surface area contributed by atoms with Gasteiger partial charge in [-0.25, -0.2) is 4.98 Å². The molecule has 1 aromatic heterocycles. The second-order valence-electron chi connectivity index (χ2n) is 7.24. The first-order valence-corrected chi connectivity index (χ1v) is 9.43. The smallest absolute Gasteiger partial charge is 0.227 e. The van der Waals surface area contributed by atoms with Crippen molar-refractivity contribution < 1.29 is 4.74 Å². The van der Waals surface area contributed by atoms with Gasteiger partial charge in [0.05, 0.1) is 6.10 Å².